The number of nitrogens with zero attached hydrogens (tertiary/aromatic N) is 2. The van der Waals surface area contributed by atoms with Crippen LogP contribution in [0, 0.1) is 5.41 Å². The van der Waals surface area contributed by atoms with Gasteiger partial charge in [0.2, 0.25) is 0 Å². The number of oxime groups is 1. The molecule has 0 aromatic rings. The molecular formula is C12H27N3OS. The number of hydrogen-bond donors (Lipinski definition) is 2. The lowest BCUT2D eigenvalue weighted by molar-refractivity contribution is 0.225. The molecule has 4 nitrogen and oxygen atoms in total. The van der Waals surface area contributed by atoms with Gasteiger partial charge in [0.25, 0.3) is 0 Å². The van der Waals surface area contributed by atoms with Crippen LogP contribution >= 0.6 is 11.8 Å². The zero-order valence-electron chi connectivity index (χ0n) is 11.7. The molecule has 1 atom stereocenters. The van der Waals surface area contributed by atoms with Crippen LogP contribution in [0.4, 0.5) is 0 Å². The van der Waals surface area contributed by atoms with Crippen molar-refractivity contribution in [3.8, 4) is 0 Å². The van der Waals surface area contributed by atoms with Crippen LogP contribution in [-0.4, -0.2) is 47.6 Å². The molecule has 0 radical (unpaired) electrons. The van der Waals surface area contributed by atoms with Gasteiger partial charge in [-0.1, -0.05) is 19.0 Å². The maximum Gasteiger partial charge on any atom is 0.144 e. The quantitative estimate of drug-likeness (QED) is 0.304. The minimum Gasteiger partial charge on any atom is -0.409 e. The zero-order valence-corrected chi connectivity index (χ0v) is 12.5. The van der Waals surface area contributed by atoms with Crippen molar-refractivity contribution in [1.29, 1.82) is 0 Å². The van der Waals surface area contributed by atoms with Gasteiger partial charge in [0.1, 0.15) is 5.84 Å². The summed E-state index contributed by atoms with van der Waals surface area (Å²) in [6.07, 6.45) is 4.22. The second-order valence-electron chi connectivity index (χ2n) is 5.23. The molecule has 0 amide bonds. The predicted molar refractivity (Wildman–Crippen MR) is 76.9 cm³/mol. The summed E-state index contributed by atoms with van der Waals surface area (Å²) >= 11 is 1.88. The summed E-state index contributed by atoms with van der Waals surface area (Å²) in [6, 6.07) is 0.575. The normalized spacial score (nSPS) is 15.3. The van der Waals surface area contributed by atoms with E-state index in [0.29, 0.717) is 11.9 Å². The van der Waals surface area contributed by atoms with Crippen molar-refractivity contribution in [3.05, 3.63) is 0 Å². The lowest BCUT2D eigenvalue weighted by atomic mass is 9.88. The molecule has 0 fully saturated rings. The van der Waals surface area contributed by atoms with E-state index in [2.05, 4.69) is 30.3 Å². The minimum atomic E-state index is -0.248. The van der Waals surface area contributed by atoms with E-state index < -0.39 is 0 Å². The number of amidine groups is 1. The van der Waals surface area contributed by atoms with Crippen molar-refractivity contribution >= 4 is 17.6 Å². The summed E-state index contributed by atoms with van der Waals surface area (Å²) in [5.74, 6) is 1.50. The van der Waals surface area contributed by atoms with E-state index in [-0.39, 0.29) is 5.41 Å². The van der Waals surface area contributed by atoms with Gasteiger partial charge in [-0.05, 0) is 45.4 Å². The highest BCUT2D eigenvalue weighted by Gasteiger charge is 2.24. The van der Waals surface area contributed by atoms with E-state index in [1.165, 1.54) is 12.2 Å². The second kappa shape index (κ2) is 7.82. The van der Waals surface area contributed by atoms with Gasteiger partial charge in [0.15, 0.2) is 0 Å². The van der Waals surface area contributed by atoms with Crippen molar-refractivity contribution in [2.24, 2.45) is 16.3 Å². The summed E-state index contributed by atoms with van der Waals surface area (Å²) in [5.41, 5.74) is 5.42. The van der Waals surface area contributed by atoms with Gasteiger partial charge in [-0.3, -0.25) is 0 Å². The average molecular weight is 261 g/mol. The molecular weight excluding hydrogens is 234 g/mol. The first-order chi connectivity index (χ1) is 7.85. The fourth-order valence-corrected chi connectivity index (χ4v) is 2.03. The molecule has 17 heavy (non-hydrogen) atoms. The Balaban J connectivity index is 4.10. The molecule has 0 spiro atoms. The Morgan fingerprint density at radius 2 is 2.12 bits per heavy atom. The smallest absolute Gasteiger partial charge is 0.144 e. The molecule has 5 heteroatoms. The van der Waals surface area contributed by atoms with Crippen LogP contribution in [0.25, 0.3) is 0 Å². The van der Waals surface area contributed by atoms with Crippen molar-refractivity contribution in [2.75, 3.05) is 25.6 Å². The molecule has 0 aliphatic rings. The number of nitrogens with two attached hydrogens (primary N) is 1. The van der Waals surface area contributed by atoms with Crippen LogP contribution in [0.5, 0.6) is 0 Å². The summed E-state index contributed by atoms with van der Waals surface area (Å²) in [7, 11) is 2.13. The molecule has 3 N–H and O–H groups in total. The van der Waals surface area contributed by atoms with Gasteiger partial charge in [-0.15, -0.1) is 0 Å². The van der Waals surface area contributed by atoms with Crippen LogP contribution in [-0.2, 0) is 0 Å². The minimum absolute atomic E-state index is 0.248. The molecule has 0 aromatic heterocycles. The van der Waals surface area contributed by atoms with Gasteiger partial charge in [0.05, 0.1) is 0 Å². The summed E-state index contributed by atoms with van der Waals surface area (Å²) in [6.45, 7) is 7.20. The maximum atomic E-state index is 8.71. The molecule has 0 aliphatic carbocycles. The summed E-state index contributed by atoms with van der Waals surface area (Å²) in [4.78, 5) is 2.34. The molecule has 0 heterocycles. The number of hydrogen-bond acceptors (Lipinski definition) is 4. The monoisotopic (exact) mass is 261 g/mol. The fourth-order valence-electron chi connectivity index (χ4n) is 1.45. The fraction of sp³-hybridized carbons (Fsp3) is 0.917. The molecule has 0 saturated heterocycles. The van der Waals surface area contributed by atoms with Crippen molar-refractivity contribution < 1.29 is 5.21 Å². The highest BCUT2D eigenvalue weighted by Crippen LogP contribution is 2.21. The Hall–Kier alpha value is -0.420. The van der Waals surface area contributed by atoms with E-state index in [0.717, 1.165) is 13.0 Å². The average Bonchev–Trinajstić information content (AvgIpc) is 2.31. The van der Waals surface area contributed by atoms with E-state index in [9.17, 15) is 0 Å². The SMILES string of the molecule is CSCCC(C)N(C)CCC(C)(C)C(N)=NO. The molecule has 102 valence electrons. The number of thioether (sulfide) groups is 1. The van der Waals surface area contributed by atoms with Crippen LogP contribution < -0.4 is 5.73 Å². The zero-order chi connectivity index (χ0) is 13.5. The van der Waals surface area contributed by atoms with E-state index in [1.807, 2.05) is 25.6 Å². The first-order valence-corrected chi connectivity index (χ1v) is 7.41. The summed E-state index contributed by atoms with van der Waals surface area (Å²) < 4.78 is 0. The van der Waals surface area contributed by atoms with Crippen LogP contribution in [0.2, 0.25) is 0 Å². The Labute approximate surface area is 110 Å². The Morgan fingerprint density at radius 1 is 1.53 bits per heavy atom. The van der Waals surface area contributed by atoms with E-state index >= 15 is 0 Å². The molecule has 0 aliphatic heterocycles. The Morgan fingerprint density at radius 3 is 2.59 bits per heavy atom. The predicted octanol–water partition coefficient (Wildman–Crippen LogP) is 2.22. The van der Waals surface area contributed by atoms with Gasteiger partial charge >= 0.3 is 0 Å². The van der Waals surface area contributed by atoms with E-state index in [4.69, 9.17) is 10.9 Å². The van der Waals surface area contributed by atoms with E-state index in [1.54, 1.807) is 0 Å². The lowest BCUT2D eigenvalue weighted by Crippen LogP contribution is -2.38. The van der Waals surface area contributed by atoms with Crippen LogP contribution in [0.15, 0.2) is 5.16 Å². The highest BCUT2D eigenvalue weighted by molar-refractivity contribution is 7.98. The lowest BCUT2D eigenvalue weighted by Gasteiger charge is -2.29. The van der Waals surface area contributed by atoms with Crippen molar-refractivity contribution in [2.45, 2.75) is 39.7 Å². The first-order valence-electron chi connectivity index (χ1n) is 6.02. The van der Waals surface area contributed by atoms with Gasteiger partial charge in [-0.25, -0.2) is 0 Å². The number of rotatable bonds is 8. The largest absolute Gasteiger partial charge is 0.409 e. The molecule has 1 unspecified atom stereocenters. The summed E-state index contributed by atoms with van der Waals surface area (Å²) in [5, 5.41) is 11.8. The van der Waals surface area contributed by atoms with Crippen molar-refractivity contribution in [3.63, 3.8) is 0 Å². The molecule has 0 rings (SSSR count). The third-order valence-electron chi connectivity index (χ3n) is 3.38. The maximum absolute atomic E-state index is 8.71. The first kappa shape index (κ1) is 16.6. The molecule has 0 aromatic carbocycles. The highest BCUT2D eigenvalue weighted by atomic mass is 32.2. The van der Waals surface area contributed by atoms with Gasteiger partial charge in [-0.2, -0.15) is 11.8 Å². The van der Waals surface area contributed by atoms with Crippen LogP contribution in [0.1, 0.15) is 33.6 Å². The topological polar surface area (TPSA) is 61.8 Å². The molecule has 0 bridgehead atoms. The van der Waals surface area contributed by atoms with Gasteiger partial charge < -0.3 is 15.8 Å². The molecule has 0 saturated carbocycles. The standard InChI is InChI=1S/C12H27N3OS/c1-10(6-9-17-5)15(4)8-7-12(2,3)11(13)14-16/h10,16H,6-9H2,1-5H3,(H2,13,14). The third-order valence-corrected chi connectivity index (χ3v) is 4.03. The Kier molecular flexibility index (Phi) is 7.63. The second-order valence-corrected chi connectivity index (χ2v) is 6.22. The third kappa shape index (κ3) is 6.17. The van der Waals surface area contributed by atoms with Gasteiger partial charge in [0, 0.05) is 11.5 Å². The van der Waals surface area contributed by atoms with Crippen LogP contribution in [0.3, 0.4) is 0 Å². The Bertz CT molecular complexity index is 244. The van der Waals surface area contributed by atoms with Crippen molar-refractivity contribution in [1.82, 2.24) is 4.90 Å².